The monoisotopic (exact) mass is 237 g/mol. The summed E-state index contributed by atoms with van der Waals surface area (Å²) in [4.78, 5) is 3.74. The van der Waals surface area contributed by atoms with Crippen LogP contribution < -0.4 is 4.72 Å². The van der Waals surface area contributed by atoms with E-state index in [-0.39, 0.29) is 10.6 Å². The van der Waals surface area contributed by atoms with Crippen molar-refractivity contribution in [3.8, 4) is 6.07 Å². The molecule has 0 aliphatic rings. The van der Waals surface area contributed by atoms with Crippen molar-refractivity contribution >= 4 is 10.0 Å². The number of nitrogens with one attached hydrogen (secondary N) is 1. The Balaban J connectivity index is 2.82. The normalized spacial score (nSPS) is 10.7. The molecule has 0 radical (unpaired) electrons. The molecule has 1 rings (SSSR count). The predicted molar refractivity (Wildman–Crippen MR) is 59.0 cm³/mol. The second kappa shape index (κ2) is 5.39. The van der Waals surface area contributed by atoms with Crippen molar-refractivity contribution < 1.29 is 8.42 Å². The third-order valence-corrected chi connectivity index (χ3v) is 3.25. The minimum Gasteiger partial charge on any atom is -0.244 e. The van der Waals surface area contributed by atoms with Gasteiger partial charge in [0.25, 0.3) is 0 Å². The van der Waals surface area contributed by atoms with Gasteiger partial charge in [-0.25, -0.2) is 18.1 Å². The number of sulfonamides is 1. The van der Waals surface area contributed by atoms with E-state index in [2.05, 4.69) is 16.3 Å². The molecule has 0 saturated carbocycles. The molecular weight excluding hydrogens is 226 g/mol. The minimum atomic E-state index is -3.53. The maximum absolute atomic E-state index is 11.6. The van der Waals surface area contributed by atoms with E-state index in [1.807, 2.05) is 6.07 Å². The van der Waals surface area contributed by atoms with E-state index in [0.717, 1.165) is 6.20 Å². The molecule has 1 aromatic rings. The summed E-state index contributed by atoms with van der Waals surface area (Å²) in [7, 11) is -3.53. The fourth-order valence-electron chi connectivity index (χ4n) is 0.984. The Labute approximate surface area is 94.5 Å². The molecule has 1 N–H and O–H groups in total. The zero-order valence-corrected chi connectivity index (χ0v) is 9.37. The molecule has 0 bridgehead atoms. The van der Waals surface area contributed by atoms with E-state index in [9.17, 15) is 8.42 Å². The highest BCUT2D eigenvalue weighted by molar-refractivity contribution is 7.89. The molecule has 16 heavy (non-hydrogen) atoms. The lowest BCUT2D eigenvalue weighted by Crippen LogP contribution is -2.24. The van der Waals surface area contributed by atoms with Crippen molar-refractivity contribution in [2.75, 3.05) is 6.54 Å². The number of hydrogen-bond acceptors (Lipinski definition) is 4. The minimum absolute atomic E-state index is 0.0514. The fourth-order valence-corrected chi connectivity index (χ4v) is 1.98. The van der Waals surface area contributed by atoms with Gasteiger partial charge in [-0.1, -0.05) is 6.08 Å². The lowest BCUT2D eigenvalue weighted by molar-refractivity contribution is 0.581. The Morgan fingerprint density at radius 2 is 2.31 bits per heavy atom. The van der Waals surface area contributed by atoms with E-state index in [1.54, 1.807) is 6.08 Å². The molecule has 0 saturated heterocycles. The van der Waals surface area contributed by atoms with Gasteiger partial charge >= 0.3 is 0 Å². The third-order valence-electron chi connectivity index (χ3n) is 1.80. The van der Waals surface area contributed by atoms with Crippen LogP contribution in [0.25, 0.3) is 0 Å². The van der Waals surface area contributed by atoms with Gasteiger partial charge in [0.05, 0.1) is 0 Å². The van der Waals surface area contributed by atoms with Crippen LogP contribution in [0.2, 0.25) is 0 Å². The molecule has 0 fully saturated rings. The number of rotatable bonds is 5. The van der Waals surface area contributed by atoms with Crippen molar-refractivity contribution in [3.05, 3.63) is 36.7 Å². The number of pyridine rings is 1. The maximum atomic E-state index is 11.6. The Morgan fingerprint density at radius 3 is 2.81 bits per heavy atom. The molecule has 0 aliphatic carbocycles. The summed E-state index contributed by atoms with van der Waals surface area (Å²) in [5.74, 6) is 0. The Kier molecular flexibility index (Phi) is 4.17. The van der Waals surface area contributed by atoms with Crippen molar-refractivity contribution in [3.63, 3.8) is 0 Å². The molecule has 0 atom stereocenters. The average molecular weight is 237 g/mol. The first-order chi connectivity index (χ1) is 7.60. The van der Waals surface area contributed by atoms with E-state index in [0.29, 0.717) is 13.0 Å². The van der Waals surface area contributed by atoms with Crippen LogP contribution in [0.1, 0.15) is 12.1 Å². The maximum Gasteiger partial charge on any atom is 0.242 e. The SMILES string of the molecule is C=CCCNS(=O)(=O)c1ccc(C#N)nc1. The predicted octanol–water partition coefficient (Wildman–Crippen LogP) is 0.808. The first kappa shape index (κ1) is 12.4. The van der Waals surface area contributed by atoms with Gasteiger partial charge in [0, 0.05) is 12.7 Å². The first-order valence-electron chi connectivity index (χ1n) is 4.57. The molecule has 0 spiro atoms. The molecule has 1 aromatic heterocycles. The smallest absolute Gasteiger partial charge is 0.242 e. The Morgan fingerprint density at radius 1 is 1.56 bits per heavy atom. The molecule has 5 nitrogen and oxygen atoms in total. The largest absolute Gasteiger partial charge is 0.244 e. The summed E-state index contributed by atoms with van der Waals surface area (Å²) in [5, 5.41) is 8.52. The average Bonchev–Trinajstić information content (AvgIpc) is 2.29. The lowest BCUT2D eigenvalue weighted by atomic mass is 10.4. The molecule has 0 aromatic carbocycles. The molecule has 0 unspecified atom stereocenters. The highest BCUT2D eigenvalue weighted by Gasteiger charge is 2.12. The third kappa shape index (κ3) is 3.15. The molecule has 0 aliphatic heterocycles. The van der Waals surface area contributed by atoms with Crippen LogP contribution in [0.15, 0.2) is 35.9 Å². The summed E-state index contributed by atoms with van der Waals surface area (Å²) < 4.78 is 25.7. The summed E-state index contributed by atoms with van der Waals surface area (Å²) >= 11 is 0. The summed E-state index contributed by atoms with van der Waals surface area (Å²) in [6, 6.07) is 4.53. The van der Waals surface area contributed by atoms with Gasteiger partial charge in [-0.05, 0) is 18.6 Å². The van der Waals surface area contributed by atoms with Crippen molar-refractivity contribution in [1.29, 1.82) is 5.26 Å². The highest BCUT2D eigenvalue weighted by Crippen LogP contribution is 2.07. The second-order valence-corrected chi connectivity index (χ2v) is 4.73. The quantitative estimate of drug-likeness (QED) is 0.606. The fraction of sp³-hybridized carbons (Fsp3) is 0.200. The zero-order valence-electron chi connectivity index (χ0n) is 8.55. The topological polar surface area (TPSA) is 82.9 Å². The van der Waals surface area contributed by atoms with Crippen LogP contribution in [0.5, 0.6) is 0 Å². The Bertz CT molecular complexity index is 500. The van der Waals surface area contributed by atoms with Crippen molar-refractivity contribution in [1.82, 2.24) is 9.71 Å². The van der Waals surface area contributed by atoms with Crippen LogP contribution in [-0.4, -0.2) is 19.9 Å². The zero-order chi connectivity index (χ0) is 12.0. The van der Waals surface area contributed by atoms with Crippen LogP contribution in [0, 0.1) is 11.3 Å². The van der Waals surface area contributed by atoms with Crippen LogP contribution in [-0.2, 0) is 10.0 Å². The van der Waals surface area contributed by atoms with Crippen molar-refractivity contribution in [2.45, 2.75) is 11.3 Å². The van der Waals surface area contributed by atoms with Crippen LogP contribution in [0.4, 0.5) is 0 Å². The number of hydrogen-bond donors (Lipinski definition) is 1. The van der Waals surface area contributed by atoms with Crippen molar-refractivity contribution in [2.24, 2.45) is 0 Å². The Hall–Kier alpha value is -1.71. The highest BCUT2D eigenvalue weighted by atomic mass is 32.2. The van der Waals surface area contributed by atoms with Crippen LogP contribution >= 0.6 is 0 Å². The van der Waals surface area contributed by atoms with Gasteiger partial charge in [-0.2, -0.15) is 5.26 Å². The van der Waals surface area contributed by atoms with Gasteiger partial charge in [-0.3, -0.25) is 0 Å². The lowest BCUT2D eigenvalue weighted by Gasteiger charge is -2.04. The summed E-state index contributed by atoms with van der Waals surface area (Å²) in [6.07, 6.45) is 3.34. The molecule has 6 heteroatoms. The van der Waals surface area contributed by atoms with Gasteiger partial charge in [0.2, 0.25) is 10.0 Å². The van der Waals surface area contributed by atoms with Gasteiger partial charge < -0.3 is 0 Å². The van der Waals surface area contributed by atoms with Gasteiger partial charge in [0.15, 0.2) is 0 Å². The number of aromatic nitrogens is 1. The van der Waals surface area contributed by atoms with Gasteiger partial charge in [0.1, 0.15) is 16.7 Å². The van der Waals surface area contributed by atoms with E-state index < -0.39 is 10.0 Å². The molecule has 1 heterocycles. The number of nitriles is 1. The summed E-state index contributed by atoms with van der Waals surface area (Å²) in [5.41, 5.74) is 0.185. The van der Waals surface area contributed by atoms with E-state index in [1.165, 1.54) is 12.1 Å². The van der Waals surface area contributed by atoms with E-state index in [4.69, 9.17) is 5.26 Å². The second-order valence-electron chi connectivity index (χ2n) is 2.97. The molecular formula is C10H11N3O2S. The van der Waals surface area contributed by atoms with Crippen LogP contribution in [0.3, 0.4) is 0 Å². The standard InChI is InChI=1S/C10H11N3O2S/c1-2-3-6-13-16(14,15)10-5-4-9(7-11)12-8-10/h2,4-5,8,13H,1,3,6H2. The molecule has 0 amide bonds. The molecule has 84 valence electrons. The summed E-state index contributed by atoms with van der Waals surface area (Å²) in [6.45, 7) is 3.79. The first-order valence-corrected chi connectivity index (χ1v) is 6.05. The van der Waals surface area contributed by atoms with Gasteiger partial charge in [-0.15, -0.1) is 6.58 Å². The number of nitrogens with zero attached hydrogens (tertiary/aromatic N) is 2. The van der Waals surface area contributed by atoms with E-state index >= 15 is 0 Å².